The number of rotatable bonds is 8. The number of ether oxygens (including phenoxy) is 2. The van der Waals surface area contributed by atoms with Gasteiger partial charge >= 0.3 is 23.9 Å². The monoisotopic (exact) mass is 492 g/mol. The second-order valence-corrected chi connectivity index (χ2v) is 11.9. The van der Waals surface area contributed by atoms with E-state index < -0.39 is 23.9 Å². The molecule has 0 bridgehead atoms. The van der Waals surface area contributed by atoms with Crippen molar-refractivity contribution < 1.29 is 38.9 Å². The van der Waals surface area contributed by atoms with E-state index in [-0.39, 0.29) is 48.7 Å². The molecule has 0 heterocycles. The van der Waals surface area contributed by atoms with Crippen LogP contribution in [-0.2, 0) is 28.7 Å². The summed E-state index contributed by atoms with van der Waals surface area (Å²) in [5, 5.41) is 17.7. The first-order valence-electron chi connectivity index (χ1n) is 13.4. The van der Waals surface area contributed by atoms with Crippen LogP contribution in [0.2, 0.25) is 0 Å². The molecule has 8 heteroatoms. The summed E-state index contributed by atoms with van der Waals surface area (Å²) < 4.78 is 11.5. The van der Waals surface area contributed by atoms with Gasteiger partial charge in [-0.3, -0.25) is 19.2 Å². The molecule has 4 fully saturated rings. The molecular weight excluding hydrogens is 452 g/mol. The number of carbonyl (C=O) groups excluding carboxylic acids is 2. The number of hydrogen-bond acceptors (Lipinski definition) is 6. The zero-order chi connectivity index (χ0) is 25.4. The van der Waals surface area contributed by atoms with Gasteiger partial charge in [0.1, 0.15) is 12.2 Å². The SMILES string of the molecule is C[C@]12CC[C@H](OC(=O)CCC(=O)O)C[C@@H]1CC[C@@H]1[C@@H]2CC[C@]2(C)[C@@H](OC(=O)CCC(=O)O)CC[C@@H]12. The number of fused-ring (bicyclic) bond motifs is 5. The van der Waals surface area contributed by atoms with Crippen molar-refractivity contribution in [2.75, 3.05) is 0 Å². The van der Waals surface area contributed by atoms with Gasteiger partial charge in [0.15, 0.2) is 0 Å². The molecule has 4 aliphatic rings. The fraction of sp³-hybridized carbons (Fsp3) is 0.852. The molecule has 0 aromatic heterocycles. The molecule has 8 nitrogen and oxygen atoms in total. The first kappa shape index (κ1) is 26.0. The summed E-state index contributed by atoms with van der Waals surface area (Å²) in [7, 11) is 0. The Morgan fingerprint density at radius 1 is 0.714 bits per heavy atom. The van der Waals surface area contributed by atoms with Crippen LogP contribution in [0.25, 0.3) is 0 Å². The standard InChI is InChI=1S/C27H40O8/c1-26-13-11-17(34-24(32)9-7-22(28)29)15-16(26)3-4-18-19-5-6-21(27(19,2)14-12-20(18)26)35-25(33)10-8-23(30)31/h16-21H,3-15H2,1-2H3,(H,28,29)(H,30,31)/t16-,17-,18-,19-,20-,21-,26-,27-/m0/s1. The summed E-state index contributed by atoms with van der Waals surface area (Å²) in [6, 6.07) is 0. The molecule has 8 atom stereocenters. The molecule has 0 aromatic carbocycles. The fourth-order valence-electron chi connectivity index (χ4n) is 8.35. The van der Waals surface area contributed by atoms with Crippen molar-refractivity contribution >= 4 is 23.9 Å². The van der Waals surface area contributed by atoms with Crippen molar-refractivity contribution in [3.05, 3.63) is 0 Å². The first-order chi connectivity index (χ1) is 16.5. The quantitative estimate of drug-likeness (QED) is 0.471. The lowest BCUT2D eigenvalue weighted by Crippen LogP contribution is -2.55. The van der Waals surface area contributed by atoms with E-state index in [4.69, 9.17) is 19.7 Å². The van der Waals surface area contributed by atoms with Gasteiger partial charge in [0.2, 0.25) is 0 Å². The minimum Gasteiger partial charge on any atom is -0.481 e. The minimum absolute atomic E-state index is 0.0415. The van der Waals surface area contributed by atoms with Crippen molar-refractivity contribution in [2.24, 2.45) is 34.5 Å². The van der Waals surface area contributed by atoms with Gasteiger partial charge in [0, 0.05) is 5.41 Å². The zero-order valence-electron chi connectivity index (χ0n) is 21.0. The molecule has 2 N–H and O–H groups in total. The number of carbonyl (C=O) groups is 4. The predicted octanol–water partition coefficient (Wildman–Crippen LogP) is 4.58. The van der Waals surface area contributed by atoms with Gasteiger partial charge in [-0.15, -0.1) is 0 Å². The zero-order valence-corrected chi connectivity index (χ0v) is 21.0. The lowest BCUT2D eigenvalue weighted by Gasteiger charge is -2.60. The van der Waals surface area contributed by atoms with Gasteiger partial charge < -0.3 is 19.7 Å². The van der Waals surface area contributed by atoms with Gasteiger partial charge in [-0.25, -0.2) is 0 Å². The summed E-state index contributed by atoms with van der Waals surface area (Å²) >= 11 is 0. The summed E-state index contributed by atoms with van der Waals surface area (Å²) in [5.41, 5.74) is 0.171. The van der Waals surface area contributed by atoms with Crippen LogP contribution in [0.3, 0.4) is 0 Å². The Labute approximate surface area is 207 Å². The van der Waals surface area contributed by atoms with E-state index in [9.17, 15) is 19.2 Å². The van der Waals surface area contributed by atoms with Crippen molar-refractivity contribution in [3.63, 3.8) is 0 Å². The third-order valence-electron chi connectivity index (χ3n) is 10.2. The molecule has 0 saturated heterocycles. The maximum atomic E-state index is 12.3. The lowest BCUT2D eigenvalue weighted by atomic mass is 9.45. The maximum Gasteiger partial charge on any atom is 0.306 e. The highest BCUT2D eigenvalue weighted by molar-refractivity contribution is 5.77. The summed E-state index contributed by atoms with van der Waals surface area (Å²) in [5.74, 6) is -0.520. The number of esters is 2. The summed E-state index contributed by atoms with van der Waals surface area (Å²) in [6.07, 6.45) is 8.26. The van der Waals surface area contributed by atoms with Gasteiger partial charge in [0.25, 0.3) is 0 Å². The summed E-state index contributed by atoms with van der Waals surface area (Å²) in [4.78, 5) is 45.9. The Kier molecular flexibility index (Phi) is 7.49. The molecule has 4 aliphatic carbocycles. The van der Waals surface area contributed by atoms with Crippen molar-refractivity contribution in [3.8, 4) is 0 Å². The molecule has 35 heavy (non-hydrogen) atoms. The van der Waals surface area contributed by atoms with Crippen molar-refractivity contribution in [1.82, 2.24) is 0 Å². The van der Waals surface area contributed by atoms with Crippen LogP contribution in [0.5, 0.6) is 0 Å². The number of aliphatic carboxylic acids is 2. The number of hydrogen-bond donors (Lipinski definition) is 2. The Morgan fingerprint density at radius 2 is 1.31 bits per heavy atom. The van der Waals surface area contributed by atoms with Crippen LogP contribution < -0.4 is 0 Å². The maximum absolute atomic E-state index is 12.3. The average Bonchev–Trinajstić information content (AvgIpc) is 3.12. The minimum atomic E-state index is -0.982. The molecule has 0 amide bonds. The van der Waals surface area contributed by atoms with E-state index in [0.717, 1.165) is 57.8 Å². The van der Waals surface area contributed by atoms with Gasteiger partial charge in [-0.1, -0.05) is 13.8 Å². The highest BCUT2D eigenvalue weighted by atomic mass is 16.5. The third-order valence-corrected chi connectivity index (χ3v) is 10.2. The van der Waals surface area contributed by atoms with Gasteiger partial charge in [-0.2, -0.15) is 0 Å². The average molecular weight is 493 g/mol. The smallest absolute Gasteiger partial charge is 0.306 e. The van der Waals surface area contributed by atoms with E-state index in [1.165, 1.54) is 0 Å². The van der Waals surface area contributed by atoms with E-state index in [1.807, 2.05) is 0 Å². The highest BCUT2D eigenvalue weighted by Crippen LogP contribution is 2.66. The predicted molar refractivity (Wildman–Crippen MR) is 125 cm³/mol. The van der Waals surface area contributed by atoms with Crippen molar-refractivity contribution in [1.29, 1.82) is 0 Å². The molecule has 196 valence electrons. The Bertz CT molecular complexity index is 854. The van der Waals surface area contributed by atoms with E-state index >= 15 is 0 Å². The Balaban J connectivity index is 1.37. The lowest BCUT2D eigenvalue weighted by molar-refractivity contribution is -0.171. The molecule has 0 aromatic rings. The molecule has 4 saturated carbocycles. The number of carboxylic acids is 2. The molecule has 0 radical (unpaired) electrons. The molecule has 4 rings (SSSR count). The highest BCUT2D eigenvalue weighted by Gasteiger charge is 2.61. The van der Waals surface area contributed by atoms with Crippen molar-refractivity contribution in [2.45, 2.75) is 110 Å². The molecular formula is C27H40O8. The van der Waals surface area contributed by atoms with Gasteiger partial charge in [0.05, 0.1) is 25.7 Å². The first-order valence-corrected chi connectivity index (χ1v) is 13.4. The van der Waals surface area contributed by atoms with Crippen LogP contribution in [0.4, 0.5) is 0 Å². The van der Waals surface area contributed by atoms with Crippen LogP contribution in [-0.4, -0.2) is 46.3 Å². The largest absolute Gasteiger partial charge is 0.481 e. The second-order valence-electron chi connectivity index (χ2n) is 11.9. The third kappa shape index (κ3) is 5.21. The molecule has 0 unspecified atom stereocenters. The van der Waals surface area contributed by atoms with E-state index in [2.05, 4.69) is 13.8 Å². The Hall–Kier alpha value is -2.12. The van der Waals surface area contributed by atoms with Gasteiger partial charge in [-0.05, 0) is 86.9 Å². The number of carboxylic acid groups (broad SMARTS) is 2. The molecule has 0 spiro atoms. The van der Waals surface area contributed by atoms with E-state index in [0.29, 0.717) is 23.7 Å². The molecule has 0 aliphatic heterocycles. The fourth-order valence-corrected chi connectivity index (χ4v) is 8.35. The Morgan fingerprint density at radius 3 is 1.97 bits per heavy atom. The van der Waals surface area contributed by atoms with Crippen LogP contribution >= 0.6 is 0 Å². The van der Waals surface area contributed by atoms with Crippen LogP contribution in [0.1, 0.15) is 97.3 Å². The second kappa shape index (κ2) is 10.1. The van der Waals surface area contributed by atoms with Crippen LogP contribution in [0, 0.1) is 34.5 Å². The summed E-state index contributed by atoms with van der Waals surface area (Å²) in [6.45, 7) is 4.70. The van der Waals surface area contributed by atoms with Crippen LogP contribution in [0.15, 0.2) is 0 Å². The normalized spacial score (nSPS) is 40.1. The topological polar surface area (TPSA) is 127 Å². The van der Waals surface area contributed by atoms with E-state index in [1.54, 1.807) is 0 Å².